The van der Waals surface area contributed by atoms with Crippen LogP contribution in [0.3, 0.4) is 0 Å². The molecular weight excluding hydrogens is 270 g/mol. The molecule has 0 radical (unpaired) electrons. The maximum absolute atomic E-state index is 5.69. The van der Waals surface area contributed by atoms with Crippen LogP contribution in [-0.2, 0) is 13.0 Å². The molecule has 0 bridgehead atoms. The molecule has 0 atom stereocenters. The average Bonchev–Trinajstić information content (AvgIpc) is 3.00. The van der Waals surface area contributed by atoms with Gasteiger partial charge in [0, 0.05) is 18.9 Å². The number of nitrogens with zero attached hydrogens (tertiary/aromatic N) is 4. The van der Waals surface area contributed by atoms with E-state index in [0.29, 0.717) is 11.4 Å². The van der Waals surface area contributed by atoms with Crippen molar-refractivity contribution in [1.29, 1.82) is 0 Å². The first kappa shape index (κ1) is 12.8. The Hall–Kier alpha value is -2.21. The summed E-state index contributed by atoms with van der Waals surface area (Å²) in [6.07, 6.45) is 4.20. The van der Waals surface area contributed by atoms with Gasteiger partial charge in [-0.1, -0.05) is 24.4 Å². The normalized spacial score (nSPS) is 11.1. The minimum Gasteiger partial charge on any atom is -0.393 e. The number of thiocarbonyl (C=S) groups is 1. The highest BCUT2D eigenvalue weighted by molar-refractivity contribution is 7.80. The van der Waals surface area contributed by atoms with Crippen LogP contribution in [0.25, 0.3) is 17.0 Å². The van der Waals surface area contributed by atoms with E-state index in [9.17, 15) is 0 Å². The molecular formula is C14H15N5S. The van der Waals surface area contributed by atoms with Gasteiger partial charge in [-0.25, -0.2) is 9.97 Å². The van der Waals surface area contributed by atoms with E-state index in [0.717, 1.165) is 29.4 Å². The molecule has 5 nitrogen and oxygen atoms in total. The van der Waals surface area contributed by atoms with Crippen molar-refractivity contribution in [2.45, 2.75) is 19.9 Å². The van der Waals surface area contributed by atoms with Crippen molar-refractivity contribution >= 4 is 28.2 Å². The van der Waals surface area contributed by atoms with Crippen LogP contribution in [0.15, 0.2) is 36.7 Å². The van der Waals surface area contributed by atoms with Crippen LogP contribution in [0.2, 0.25) is 0 Å². The molecule has 0 unspecified atom stereocenters. The molecule has 3 rings (SSSR count). The summed E-state index contributed by atoms with van der Waals surface area (Å²) in [7, 11) is 0. The number of rotatable bonds is 4. The molecule has 0 saturated heterocycles. The number of fused-ring (bicyclic) bond motifs is 1. The summed E-state index contributed by atoms with van der Waals surface area (Å²) in [6.45, 7) is 2.92. The lowest BCUT2D eigenvalue weighted by Crippen LogP contribution is -2.16. The van der Waals surface area contributed by atoms with E-state index in [1.807, 2.05) is 35.0 Å². The highest BCUT2D eigenvalue weighted by Crippen LogP contribution is 2.21. The second-order valence-corrected chi connectivity index (χ2v) is 5.03. The molecule has 6 heteroatoms. The minimum atomic E-state index is 0.427. The van der Waals surface area contributed by atoms with Crippen LogP contribution in [0.4, 0.5) is 0 Å². The second kappa shape index (κ2) is 5.05. The number of hydrogen-bond donors (Lipinski definition) is 1. The third kappa shape index (κ3) is 2.08. The summed E-state index contributed by atoms with van der Waals surface area (Å²) in [5.74, 6) is 1.66. The second-order valence-electron chi connectivity index (χ2n) is 4.51. The fraction of sp³-hybridized carbons (Fsp3) is 0.214. The van der Waals surface area contributed by atoms with Gasteiger partial charge in [0.05, 0.1) is 22.4 Å². The highest BCUT2D eigenvalue weighted by Gasteiger charge is 2.16. The molecule has 2 heterocycles. The van der Waals surface area contributed by atoms with Crippen LogP contribution < -0.4 is 5.73 Å². The van der Waals surface area contributed by atoms with Crippen molar-refractivity contribution in [3.63, 3.8) is 0 Å². The number of nitrogens with two attached hydrogens (primary N) is 1. The monoisotopic (exact) mass is 285 g/mol. The first-order valence-electron chi connectivity index (χ1n) is 6.47. The van der Waals surface area contributed by atoms with Crippen molar-refractivity contribution in [3.05, 3.63) is 42.5 Å². The molecule has 102 valence electrons. The Morgan fingerprint density at radius 2 is 2.15 bits per heavy atom. The van der Waals surface area contributed by atoms with E-state index >= 15 is 0 Å². The first-order chi connectivity index (χ1) is 9.70. The number of benzene rings is 1. The summed E-state index contributed by atoms with van der Waals surface area (Å²) in [5, 5.41) is 0. The minimum absolute atomic E-state index is 0.427. The van der Waals surface area contributed by atoms with Gasteiger partial charge >= 0.3 is 0 Å². The summed E-state index contributed by atoms with van der Waals surface area (Å²) in [6, 6.07) is 7.97. The van der Waals surface area contributed by atoms with Crippen molar-refractivity contribution in [2.24, 2.45) is 5.73 Å². The van der Waals surface area contributed by atoms with Crippen molar-refractivity contribution in [1.82, 2.24) is 19.1 Å². The molecule has 0 spiro atoms. The lowest BCUT2D eigenvalue weighted by Gasteiger charge is -2.09. The average molecular weight is 285 g/mol. The number of para-hydroxylation sites is 2. The molecule has 0 amide bonds. The molecule has 2 N–H and O–H groups in total. The summed E-state index contributed by atoms with van der Waals surface area (Å²) in [4.78, 5) is 9.50. The van der Waals surface area contributed by atoms with E-state index < -0.39 is 0 Å². The third-order valence-electron chi connectivity index (χ3n) is 3.20. The number of hydrogen-bond acceptors (Lipinski definition) is 3. The summed E-state index contributed by atoms with van der Waals surface area (Å²) in [5.41, 5.74) is 7.62. The number of aromatic nitrogens is 4. The van der Waals surface area contributed by atoms with Crippen LogP contribution in [-0.4, -0.2) is 24.1 Å². The predicted molar refractivity (Wildman–Crippen MR) is 83.0 cm³/mol. The Labute approximate surface area is 122 Å². The third-order valence-corrected chi connectivity index (χ3v) is 3.34. The molecule has 0 saturated carbocycles. The zero-order valence-corrected chi connectivity index (χ0v) is 12.0. The van der Waals surface area contributed by atoms with E-state index in [1.54, 1.807) is 6.20 Å². The molecule has 2 aromatic heterocycles. The van der Waals surface area contributed by atoms with Crippen LogP contribution in [0, 0.1) is 0 Å². The summed E-state index contributed by atoms with van der Waals surface area (Å²) < 4.78 is 4.09. The molecule has 0 fully saturated rings. The maximum atomic E-state index is 5.69. The predicted octanol–water partition coefficient (Wildman–Crippen LogP) is 2.07. The van der Waals surface area contributed by atoms with Crippen molar-refractivity contribution < 1.29 is 0 Å². The molecule has 0 aliphatic heterocycles. The van der Waals surface area contributed by atoms with Crippen molar-refractivity contribution in [2.75, 3.05) is 0 Å². The van der Waals surface area contributed by atoms with E-state index in [1.165, 1.54) is 0 Å². The topological polar surface area (TPSA) is 61.7 Å². The largest absolute Gasteiger partial charge is 0.393 e. The molecule has 20 heavy (non-hydrogen) atoms. The lowest BCUT2D eigenvalue weighted by atomic mass is 10.3. The van der Waals surface area contributed by atoms with Gasteiger partial charge in [-0.15, -0.1) is 0 Å². The fourth-order valence-corrected chi connectivity index (χ4v) is 2.46. The van der Waals surface area contributed by atoms with Gasteiger partial charge in [-0.3, -0.25) is 4.57 Å². The van der Waals surface area contributed by atoms with Gasteiger partial charge < -0.3 is 10.3 Å². The Balaban J connectivity index is 2.28. The standard InChI is InChI=1S/C14H15N5S/c1-2-18-8-7-16-14(18)19-11-6-4-3-5-10(11)17-13(19)9-12(15)20/h3-8H,2,9H2,1H3,(H2,15,20). The first-order valence-corrected chi connectivity index (χ1v) is 6.87. The van der Waals surface area contributed by atoms with E-state index in [-0.39, 0.29) is 0 Å². The molecule has 0 aliphatic carbocycles. The molecule has 3 aromatic rings. The Morgan fingerprint density at radius 3 is 2.90 bits per heavy atom. The zero-order valence-electron chi connectivity index (χ0n) is 11.2. The van der Waals surface area contributed by atoms with Crippen LogP contribution >= 0.6 is 12.2 Å². The van der Waals surface area contributed by atoms with E-state index in [2.05, 4.69) is 21.5 Å². The number of aryl methyl sites for hydroxylation is 1. The Kier molecular flexibility index (Phi) is 3.23. The quantitative estimate of drug-likeness (QED) is 0.745. The van der Waals surface area contributed by atoms with E-state index in [4.69, 9.17) is 18.0 Å². The maximum Gasteiger partial charge on any atom is 0.215 e. The van der Waals surface area contributed by atoms with Gasteiger partial charge in [0.25, 0.3) is 0 Å². The van der Waals surface area contributed by atoms with Gasteiger partial charge in [-0.05, 0) is 19.1 Å². The van der Waals surface area contributed by atoms with Gasteiger partial charge in [0.2, 0.25) is 5.95 Å². The van der Waals surface area contributed by atoms with Crippen LogP contribution in [0.5, 0.6) is 0 Å². The van der Waals surface area contributed by atoms with Gasteiger partial charge in [0.1, 0.15) is 5.82 Å². The lowest BCUT2D eigenvalue weighted by molar-refractivity contribution is 0.715. The Morgan fingerprint density at radius 1 is 1.35 bits per heavy atom. The van der Waals surface area contributed by atoms with Crippen molar-refractivity contribution in [3.8, 4) is 5.95 Å². The summed E-state index contributed by atoms with van der Waals surface area (Å²) >= 11 is 5.03. The highest BCUT2D eigenvalue weighted by atomic mass is 32.1. The molecule has 0 aliphatic rings. The Bertz CT molecular complexity index is 771. The molecule has 1 aromatic carbocycles. The van der Waals surface area contributed by atoms with Crippen LogP contribution in [0.1, 0.15) is 12.7 Å². The SMILES string of the molecule is CCn1ccnc1-n1c(CC(N)=S)nc2ccccc21. The zero-order chi connectivity index (χ0) is 14.1. The number of imidazole rings is 2. The van der Waals surface area contributed by atoms with Gasteiger partial charge in [0.15, 0.2) is 0 Å². The fourth-order valence-electron chi connectivity index (χ4n) is 2.33. The smallest absolute Gasteiger partial charge is 0.215 e. The van der Waals surface area contributed by atoms with Gasteiger partial charge in [-0.2, -0.15) is 0 Å².